The van der Waals surface area contributed by atoms with E-state index in [0.717, 1.165) is 9.37 Å². The molecule has 0 aromatic heterocycles. The van der Waals surface area contributed by atoms with E-state index < -0.39 is 5.60 Å². The summed E-state index contributed by atoms with van der Waals surface area (Å²) < 4.78 is 6.05. The van der Waals surface area contributed by atoms with Gasteiger partial charge in [0.1, 0.15) is 11.7 Å². The van der Waals surface area contributed by atoms with E-state index in [9.17, 15) is 4.79 Å². The predicted octanol–water partition coefficient (Wildman–Crippen LogP) is 3.75. The van der Waals surface area contributed by atoms with Gasteiger partial charge in [-0.1, -0.05) is 15.9 Å². The van der Waals surface area contributed by atoms with Crippen LogP contribution in [0.1, 0.15) is 26.3 Å². The minimum Gasteiger partial charge on any atom is -0.459 e. The van der Waals surface area contributed by atoms with Crippen molar-refractivity contribution >= 4 is 33.7 Å². The molecule has 0 aliphatic rings. The summed E-state index contributed by atoms with van der Waals surface area (Å²) in [6.45, 7) is 5.49. The molecule has 0 atom stereocenters. The molecule has 0 aliphatic heterocycles. The average molecular weight is 328 g/mol. The smallest absolute Gasteiger partial charge is 0.316 e. The van der Waals surface area contributed by atoms with Crippen molar-refractivity contribution in [2.45, 2.75) is 31.3 Å². The van der Waals surface area contributed by atoms with Gasteiger partial charge >= 0.3 is 5.97 Å². The maximum absolute atomic E-state index is 11.6. The average Bonchev–Trinajstić information content (AvgIpc) is 2.24. The highest BCUT2D eigenvalue weighted by Crippen LogP contribution is 2.26. The number of ether oxygens (including phenoxy) is 1. The Morgan fingerprint density at radius 1 is 1.50 bits per heavy atom. The summed E-state index contributed by atoms with van der Waals surface area (Å²) >= 11 is 4.62. The van der Waals surface area contributed by atoms with Crippen LogP contribution >= 0.6 is 27.7 Å². The summed E-state index contributed by atoms with van der Waals surface area (Å²) in [7, 11) is 0. The van der Waals surface area contributed by atoms with Gasteiger partial charge in [-0.15, -0.1) is 11.8 Å². The van der Waals surface area contributed by atoms with Crippen LogP contribution in [-0.4, -0.2) is 17.3 Å². The Balaban J connectivity index is 2.65. The van der Waals surface area contributed by atoms with Gasteiger partial charge in [0.2, 0.25) is 0 Å². The first kappa shape index (κ1) is 15.1. The lowest BCUT2D eigenvalue weighted by Crippen LogP contribution is -2.24. The molecule has 0 aliphatic carbocycles. The summed E-state index contributed by atoms with van der Waals surface area (Å²) in [5.74, 6) is -0.0765. The highest BCUT2D eigenvalue weighted by atomic mass is 79.9. The number of nitriles is 1. The lowest BCUT2D eigenvalue weighted by molar-refractivity contribution is -0.151. The lowest BCUT2D eigenvalue weighted by Gasteiger charge is -2.19. The van der Waals surface area contributed by atoms with Gasteiger partial charge in [-0.2, -0.15) is 5.26 Å². The Labute approximate surface area is 120 Å². The van der Waals surface area contributed by atoms with Crippen LogP contribution in [0.2, 0.25) is 0 Å². The number of hydrogen-bond acceptors (Lipinski definition) is 4. The minimum absolute atomic E-state index is 0.202. The second-order valence-electron chi connectivity index (χ2n) is 4.63. The lowest BCUT2D eigenvalue weighted by atomic mass is 10.2. The zero-order valence-electron chi connectivity index (χ0n) is 10.5. The Hall–Kier alpha value is -0.990. The van der Waals surface area contributed by atoms with Crippen molar-refractivity contribution in [2.24, 2.45) is 0 Å². The number of hydrogen-bond donors (Lipinski definition) is 0. The standard InChI is InChI=1S/C13H14BrNO2S/c1-13(2,3)17-12(16)8-18-11-5-4-10(14)6-9(11)7-15/h4-6H,8H2,1-3H3. The maximum Gasteiger partial charge on any atom is 0.316 e. The van der Waals surface area contributed by atoms with E-state index in [2.05, 4.69) is 22.0 Å². The predicted molar refractivity (Wildman–Crippen MR) is 75.4 cm³/mol. The van der Waals surface area contributed by atoms with Crippen LogP contribution in [0.15, 0.2) is 27.6 Å². The van der Waals surface area contributed by atoms with Crippen LogP contribution in [0.4, 0.5) is 0 Å². The second kappa shape index (κ2) is 6.26. The van der Waals surface area contributed by atoms with Gasteiger partial charge in [-0.3, -0.25) is 4.79 Å². The third kappa shape index (κ3) is 5.11. The normalized spacial score (nSPS) is 10.8. The summed E-state index contributed by atoms with van der Waals surface area (Å²) in [5, 5.41) is 8.99. The first-order valence-electron chi connectivity index (χ1n) is 5.36. The molecule has 0 radical (unpaired) electrons. The van der Waals surface area contributed by atoms with Gasteiger partial charge in [0, 0.05) is 9.37 Å². The zero-order valence-corrected chi connectivity index (χ0v) is 12.9. The van der Waals surface area contributed by atoms with Gasteiger partial charge in [0.05, 0.1) is 11.3 Å². The molecular formula is C13H14BrNO2S. The van der Waals surface area contributed by atoms with Crippen LogP contribution < -0.4 is 0 Å². The van der Waals surface area contributed by atoms with E-state index >= 15 is 0 Å². The quantitative estimate of drug-likeness (QED) is 0.626. The number of halogens is 1. The van der Waals surface area contributed by atoms with Crippen molar-refractivity contribution in [3.8, 4) is 6.07 Å². The molecule has 0 saturated heterocycles. The summed E-state index contributed by atoms with van der Waals surface area (Å²) in [6, 6.07) is 7.50. The van der Waals surface area contributed by atoms with Crippen LogP contribution in [0.5, 0.6) is 0 Å². The number of carbonyl (C=O) groups excluding carboxylic acids is 1. The largest absolute Gasteiger partial charge is 0.459 e. The molecule has 1 aromatic rings. The van der Waals surface area contributed by atoms with Gasteiger partial charge in [0.25, 0.3) is 0 Å². The summed E-state index contributed by atoms with van der Waals surface area (Å²) in [6.07, 6.45) is 0. The molecule has 18 heavy (non-hydrogen) atoms. The molecule has 0 bridgehead atoms. The molecule has 96 valence electrons. The SMILES string of the molecule is CC(C)(C)OC(=O)CSc1ccc(Br)cc1C#N. The highest BCUT2D eigenvalue weighted by Gasteiger charge is 2.16. The van der Waals surface area contributed by atoms with Gasteiger partial charge in [-0.05, 0) is 39.0 Å². The molecule has 1 rings (SSSR count). The number of thioether (sulfide) groups is 1. The van der Waals surface area contributed by atoms with Crippen molar-refractivity contribution in [2.75, 3.05) is 5.75 Å². The van der Waals surface area contributed by atoms with Crippen LogP contribution in [0, 0.1) is 11.3 Å². The molecule has 0 saturated carbocycles. The Bertz CT molecular complexity index is 489. The Morgan fingerprint density at radius 2 is 2.17 bits per heavy atom. The molecule has 1 aromatic carbocycles. The van der Waals surface area contributed by atoms with Crippen LogP contribution in [-0.2, 0) is 9.53 Å². The number of rotatable bonds is 3. The van der Waals surface area contributed by atoms with E-state index in [1.165, 1.54) is 11.8 Å². The maximum atomic E-state index is 11.6. The fraction of sp³-hybridized carbons (Fsp3) is 0.385. The minimum atomic E-state index is -0.477. The van der Waals surface area contributed by atoms with Crippen molar-refractivity contribution in [1.29, 1.82) is 5.26 Å². The summed E-state index contributed by atoms with van der Waals surface area (Å²) in [5.41, 5.74) is 0.0769. The number of esters is 1. The van der Waals surface area contributed by atoms with E-state index in [0.29, 0.717) is 5.56 Å². The zero-order chi connectivity index (χ0) is 13.8. The molecule has 0 spiro atoms. The van der Waals surface area contributed by atoms with Crippen LogP contribution in [0.3, 0.4) is 0 Å². The van der Waals surface area contributed by atoms with Gasteiger partial charge in [0.15, 0.2) is 0 Å². The molecule has 0 N–H and O–H groups in total. The van der Waals surface area contributed by atoms with Gasteiger partial charge < -0.3 is 4.74 Å². The van der Waals surface area contributed by atoms with Crippen molar-refractivity contribution in [3.05, 3.63) is 28.2 Å². The molecule has 0 heterocycles. The number of nitrogens with zero attached hydrogens (tertiary/aromatic N) is 1. The van der Waals surface area contributed by atoms with Crippen molar-refractivity contribution < 1.29 is 9.53 Å². The first-order chi connectivity index (χ1) is 8.31. The van der Waals surface area contributed by atoms with E-state index in [1.54, 1.807) is 6.07 Å². The van der Waals surface area contributed by atoms with Crippen molar-refractivity contribution in [1.82, 2.24) is 0 Å². The van der Waals surface area contributed by atoms with E-state index in [-0.39, 0.29) is 11.7 Å². The van der Waals surface area contributed by atoms with Gasteiger partial charge in [-0.25, -0.2) is 0 Å². The third-order valence-electron chi connectivity index (χ3n) is 1.83. The highest BCUT2D eigenvalue weighted by molar-refractivity contribution is 9.10. The van der Waals surface area contributed by atoms with Crippen LogP contribution in [0.25, 0.3) is 0 Å². The Morgan fingerprint density at radius 3 is 2.72 bits per heavy atom. The molecule has 0 amide bonds. The third-order valence-corrected chi connectivity index (χ3v) is 3.37. The van der Waals surface area contributed by atoms with E-state index in [4.69, 9.17) is 10.00 Å². The molecule has 5 heteroatoms. The fourth-order valence-electron chi connectivity index (χ4n) is 1.22. The Kier molecular flexibility index (Phi) is 5.24. The molecule has 0 fully saturated rings. The van der Waals surface area contributed by atoms with Crippen molar-refractivity contribution in [3.63, 3.8) is 0 Å². The molecular weight excluding hydrogens is 314 g/mol. The van der Waals surface area contributed by atoms with E-state index in [1.807, 2.05) is 32.9 Å². The number of benzene rings is 1. The second-order valence-corrected chi connectivity index (χ2v) is 6.56. The molecule has 3 nitrogen and oxygen atoms in total. The summed E-state index contributed by atoms with van der Waals surface area (Å²) in [4.78, 5) is 12.3. The monoisotopic (exact) mass is 327 g/mol. The topological polar surface area (TPSA) is 50.1 Å². The first-order valence-corrected chi connectivity index (χ1v) is 7.14. The molecule has 0 unspecified atom stereocenters. The fourth-order valence-corrected chi connectivity index (χ4v) is 2.34. The number of carbonyl (C=O) groups is 1.